The summed E-state index contributed by atoms with van der Waals surface area (Å²) in [6, 6.07) is 4.36. The quantitative estimate of drug-likeness (QED) is 0.540. The molecule has 1 aromatic carbocycles. The largest absolute Gasteiger partial charge is 0.497 e. The zero-order valence-electron chi connectivity index (χ0n) is 22.3. The van der Waals surface area contributed by atoms with Crippen LogP contribution in [-0.4, -0.2) is 73.6 Å². The SMILES string of the molecule is CNC(=O)CC1CN(Cc2cc(OC)cc(OC)c2)C(=O)C(CC(C)C)N1C(=O)NC1CCCCC1. The van der Waals surface area contributed by atoms with Gasteiger partial charge in [0, 0.05) is 38.7 Å². The number of nitrogens with zero attached hydrogens (tertiary/aromatic N) is 2. The molecule has 2 aliphatic rings. The van der Waals surface area contributed by atoms with Crippen LogP contribution in [0, 0.1) is 5.92 Å². The lowest BCUT2D eigenvalue weighted by atomic mass is 9.93. The van der Waals surface area contributed by atoms with E-state index in [2.05, 4.69) is 10.6 Å². The smallest absolute Gasteiger partial charge is 0.318 e. The van der Waals surface area contributed by atoms with Crippen molar-refractivity contribution in [3.8, 4) is 11.5 Å². The maximum Gasteiger partial charge on any atom is 0.318 e. The number of benzene rings is 1. The monoisotopic (exact) mass is 502 g/mol. The normalized spacial score (nSPS) is 20.9. The summed E-state index contributed by atoms with van der Waals surface area (Å²) in [5.74, 6) is 1.22. The van der Waals surface area contributed by atoms with Crippen molar-refractivity contribution >= 4 is 17.8 Å². The summed E-state index contributed by atoms with van der Waals surface area (Å²) in [7, 11) is 4.77. The van der Waals surface area contributed by atoms with Gasteiger partial charge in [0.1, 0.15) is 17.5 Å². The third kappa shape index (κ3) is 7.04. The molecule has 1 saturated heterocycles. The minimum Gasteiger partial charge on any atom is -0.497 e. The summed E-state index contributed by atoms with van der Waals surface area (Å²) < 4.78 is 10.8. The minimum atomic E-state index is -0.635. The number of nitrogens with one attached hydrogen (secondary N) is 2. The zero-order valence-corrected chi connectivity index (χ0v) is 22.3. The Morgan fingerprint density at radius 1 is 1.06 bits per heavy atom. The van der Waals surface area contributed by atoms with Gasteiger partial charge in [0.25, 0.3) is 0 Å². The van der Waals surface area contributed by atoms with E-state index in [1.807, 2.05) is 26.0 Å². The highest BCUT2D eigenvalue weighted by atomic mass is 16.5. The second-order valence-corrected chi connectivity index (χ2v) is 10.3. The molecule has 0 bridgehead atoms. The van der Waals surface area contributed by atoms with Crippen molar-refractivity contribution in [1.82, 2.24) is 20.4 Å². The van der Waals surface area contributed by atoms with E-state index < -0.39 is 12.1 Å². The molecular weight excluding hydrogens is 460 g/mol. The first-order valence-electron chi connectivity index (χ1n) is 13.1. The van der Waals surface area contributed by atoms with Gasteiger partial charge in [0.15, 0.2) is 0 Å². The van der Waals surface area contributed by atoms with Crippen LogP contribution in [0.5, 0.6) is 11.5 Å². The molecular formula is C27H42N4O5. The fraction of sp³-hybridized carbons (Fsp3) is 0.667. The van der Waals surface area contributed by atoms with Crippen molar-refractivity contribution in [1.29, 1.82) is 0 Å². The van der Waals surface area contributed by atoms with Crippen molar-refractivity contribution in [3.63, 3.8) is 0 Å². The molecule has 1 heterocycles. The maximum atomic E-state index is 13.8. The van der Waals surface area contributed by atoms with Crippen molar-refractivity contribution in [2.45, 2.75) is 83.5 Å². The van der Waals surface area contributed by atoms with Crippen molar-refractivity contribution in [2.75, 3.05) is 27.8 Å². The first-order valence-corrected chi connectivity index (χ1v) is 13.1. The predicted octanol–water partition coefficient (Wildman–Crippen LogP) is 3.31. The van der Waals surface area contributed by atoms with Crippen LogP contribution in [0.1, 0.15) is 64.4 Å². The number of ether oxygens (including phenoxy) is 2. The third-order valence-corrected chi connectivity index (χ3v) is 7.10. The molecule has 0 radical (unpaired) electrons. The number of carbonyl (C=O) groups excluding carboxylic acids is 3. The van der Waals surface area contributed by atoms with Crippen LogP contribution in [0.4, 0.5) is 4.79 Å². The predicted molar refractivity (Wildman–Crippen MR) is 138 cm³/mol. The summed E-state index contributed by atoms with van der Waals surface area (Å²) in [6.45, 7) is 4.70. The maximum absolute atomic E-state index is 13.8. The number of urea groups is 1. The van der Waals surface area contributed by atoms with Crippen LogP contribution in [0.3, 0.4) is 0 Å². The molecule has 2 N–H and O–H groups in total. The molecule has 1 aromatic rings. The van der Waals surface area contributed by atoms with Gasteiger partial charge in [0.05, 0.1) is 20.3 Å². The molecule has 2 unspecified atom stereocenters. The molecule has 0 aromatic heterocycles. The molecule has 200 valence electrons. The Morgan fingerprint density at radius 3 is 2.25 bits per heavy atom. The van der Waals surface area contributed by atoms with E-state index in [1.165, 1.54) is 6.42 Å². The fourth-order valence-electron chi connectivity index (χ4n) is 5.28. The van der Waals surface area contributed by atoms with Crippen LogP contribution in [0.15, 0.2) is 18.2 Å². The number of rotatable bonds is 9. The first-order chi connectivity index (χ1) is 17.2. The lowest BCUT2D eigenvalue weighted by molar-refractivity contribution is -0.145. The Balaban J connectivity index is 1.90. The second-order valence-electron chi connectivity index (χ2n) is 10.3. The Kier molecular flexibility index (Phi) is 9.84. The Morgan fingerprint density at radius 2 is 1.69 bits per heavy atom. The lowest BCUT2D eigenvalue weighted by Gasteiger charge is -2.47. The summed E-state index contributed by atoms with van der Waals surface area (Å²) in [4.78, 5) is 43.3. The van der Waals surface area contributed by atoms with Crippen LogP contribution in [0.2, 0.25) is 0 Å². The number of carbonyl (C=O) groups is 3. The van der Waals surface area contributed by atoms with Gasteiger partial charge in [-0.05, 0) is 42.9 Å². The second kappa shape index (κ2) is 12.8. The lowest BCUT2D eigenvalue weighted by Crippen LogP contribution is -2.66. The Hall–Kier alpha value is -2.97. The number of hydrogen-bond acceptors (Lipinski definition) is 5. The summed E-state index contributed by atoms with van der Waals surface area (Å²) in [6.07, 6.45) is 5.94. The first kappa shape index (κ1) is 27.6. The third-order valence-electron chi connectivity index (χ3n) is 7.10. The van der Waals surface area contributed by atoms with Crippen LogP contribution in [-0.2, 0) is 16.1 Å². The zero-order chi connectivity index (χ0) is 26.2. The molecule has 9 nitrogen and oxygen atoms in total. The number of hydrogen-bond donors (Lipinski definition) is 2. The van der Waals surface area contributed by atoms with Crippen LogP contribution < -0.4 is 20.1 Å². The molecule has 9 heteroatoms. The molecule has 1 saturated carbocycles. The Bertz CT molecular complexity index is 893. The van der Waals surface area contributed by atoms with E-state index in [-0.39, 0.29) is 42.8 Å². The molecule has 1 aliphatic heterocycles. The molecule has 4 amide bonds. The standard InChI is InChI=1S/C27H42N4O5/c1-18(2)11-24-26(33)30(16-19-12-22(35-4)15-23(13-19)36-5)17-21(14-25(32)28-3)31(24)27(34)29-20-9-7-6-8-10-20/h12-13,15,18,20-21,24H,6-11,14,16-17H2,1-5H3,(H,28,32)(H,29,34). The van der Waals surface area contributed by atoms with E-state index in [4.69, 9.17) is 9.47 Å². The van der Waals surface area contributed by atoms with E-state index in [1.54, 1.807) is 37.1 Å². The van der Waals surface area contributed by atoms with Gasteiger partial charge in [-0.2, -0.15) is 0 Å². The van der Waals surface area contributed by atoms with Gasteiger partial charge >= 0.3 is 6.03 Å². The van der Waals surface area contributed by atoms with Gasteiger partial charge in [-0.3, -0.25) is 9.59 Å². The van der Waals surface area contributed by atoms with Crippen molar-refractivity contribution in [3.05, 3.63) is 23.8 Å². The van der Waals surface area contributed by atoms with Gasteiger partial charge in [0.2, 0.25) is 11.8 Å². The average molecular weight is 503 g/mol. The molecule has 36 heavy (non-hydrogen) atoms. The van der Waals surface area contributed by atoms with Crippen molar-refractivity contribution < 1.29 is 23.9 Å². The van der Waals surface area contributed by atoms with E-state index in [0.29, 0.717) is 24.5 Å². The van der Waals surface area contributed by atoms with Crippen LogP contribution in [0.25, 0.3) is 0 Å². The summed E-state index contributed by atoms with van der Waals surface area (Å²) in [5.41, 5.74) is 0.863. The van der Waals surface area contributed by atoms with E-state index in [0.717, 1.165) is 31.2 Å². The summed E-state index contributed by atoms with van der Waals surface area (Å²) >= 11 is 0. The van der Waals surface area contributed by atoms with Gasteiger partial charge in [-0.15, -0.1) is 0 Å². The molecule has 2 atom stereocenters. The van der Waals surface area contributed by atoms with Crippen LogP contribution >= 0.6 is 0 Å². The highest BCUT2D eigenvalue weighted by Crippen LogP contribution is 2.29. The average Bonchev–Trinajstić information content (AvgIpc) is 2.86. The molecule has 3 rings (SSSR count). The number of methoxy groups -OCH3 is 2. The van der Waals surface area contributed by atoms with E-state index in [9.17, 15) is 14.4 Å². The fourth-order valence-corrected chi connectivity index (χ4v) is 5.28. The molecule has 2 fully saturated rings. The van der Waals surface area contributed by atoms with E-state index >= 15 is 0 Å². The summed E-state index contributed by atoms with van der Waals surface area (Å²) in [5, 5.41) is 5.86. The Labute approximate surface area is 214 Å². The van der Waals surface area contributed by atoms with Gasteiger partial charge in [-0.25, -0.2) is 4.79 Å². The number of piperazine rings is 1. The highest BCUT2D eigenvalue weighted by Gasteiger charge is 2.44. The molecule has 1 aliphatic carbocycles. The number of amides is 4. The van der Waals surface area contributed by atoms with Crippen molar-refractivity contribution in [2.24, 2.45) is 5.92 Å². The minimum absolute atomic E-state index is 0.0996. The van der Waals surface area contributed by atoms with Gasteiger partial charge in [-0.1, -0.05) is 33.1 Å². The highest BCUT2D eigenvalue weighted by molar-refractivity contribution is 5.89. The molecule has 0 spiro atoms. The topological polar surface area (TPSA) is 100 Å². The van der Waals surface area contributed by atoms with Gasteiger partial charge < -0.3 is 29.9 Å².